The molecule has 0 radical (unpaired) electrons. The van der Waals surface area contributed by atoms with Gasteiger partial charge in [0, 0.05) is 24.8 Å². The number of nitrogens with one attached hydrogen (secondary N) is 1. The van der Waals surface area contributed by atoms with Crippen molar-refractivity contribution in [1.29, 1.82) is 0 Å². The van der Waals surface area contributed by atoms with Crippen LogP contribution in [-0.2, 0) is 6.54 Å². The lowest BCUT2D eigenvalue weighted by Gasteiger charge is -2.11. The Kier molecular flexibility index (Phi) is 4.87. The molecule has 0 aliphatic rings. The van der Waals surface area contributed by atoms with Crippen LogP contribution in [0, 0.1) is 18.7 Å². The molecule has 8 heteroatoms. The van der Waals surface area contributed by atoms with Gasteiger partial charge < -0.3 is 9.84 Å². The van der Waals surface area contributed by atoms with Gasteiger partial charge in [-0.25, -0.2) is 4.39 Å². The van der Waals surface area contributed by atoms with Crippen molar-refractivity contribution in [3.8, 4) is 11.4 Å². The molecule has 7 nitrogen and oxygen atoms in total. The minimum Gasteiger partial charge on any atom is -0.347 e. The maximum Gasteiger partial charge on any atom is 0.316 e. The van der Waals surface area contributed by atoms with Gasteiger partial charge in [0.1, 0.15) is 5.82 Å². The fraction of sp³-hybridized carbons (Fsp3) is 0.294. The molecule has 0 spiro atoms. The molecule has 0 aliphatic carbocycles. The SMILES string of the molecule is Cc1ccn(CC(C)CNC(=O)c2nc(-c3ccc(F)cc3)no2)n1. The zero-order chi connectivity index (χ0) is 17.8. The quantitative estimate of drug-likeness (QED) is 0.743. The maximum atomic E-state index is 12.9. The second kappa shape index (κ2) is 7.25. The van der Waals surface area contributed by atoms with Crippen molar-refractivity contribution < 1.29 is 13.7 Å². The second-order valence-corrected chi connectivity index (χ2v) is 5.92. The summed E-state index contributed by atoms with van der Waals surface area (Å²) in [4.78, 5) is 16.2. The lowest BCUT2D eigenvalue weighted by molar-refractivity contribution is 0.0902. The monoisotopic (exact) mass is 343 g/mol. The van der Waals surface area contributed by atoms with E-state index in [9.17, 15) is 9.18 Å². The molecule has 3 rings (SSSR count). The summed E-state index contributed by atoms with van der Waals surface area (Å²) in [5.41, 5.74) is 1.53. The van der Waals surface area contributed by atoms with Gasteiger partial charge in [0.15, 0.2) is 0 Å². The fourth-order valence-electron chi connectivity index (χ4n) is 2.32. The molecule has 0 saturated carbocycles. The Bertz CT molecular complexity index is 856. The van der Waals surface area contributed by atoms with E-state index in [1.165, 1.54) is 24.3 Å². The minimum absolute atomic E-state index is 0.124. The van der Waals surface area contributed by atoms with Crippen molar-refractivity contribution in [2.75, 3.05) is 6.54 Å². The molecule has 25 heavy (non-hydrogen) atoms. The van der Waals surface area contributed by atoms with Crippen LogP contribution in [-0.4, -0.2) is 32.4 Å². The summed E-state index contributed by atoms with van der Waals surface area (Å²) in [6.07, 6.45) is 1.90. The number of carbonyl (C=O) groups is 1. The van der Waals surface area contributed by atoms with Crippen molar-refractivity contribution in [2.45, 2.75) is 20.4 Å². The summed E-state index contributed by atoms with van der Waals surface area (Å²) in [5.74, 6) is -0.495. The highest BCUT2D eigenvalue weighted by Gasteiger charge is 2.17. The average molecular weight is 343 g/mol. The Balaban J connectivity index is 1.55. The van der Waals surface area contributed by atoms with E-state index in [1.807, 2.05) is 30.8 Å². The summed E-state index contributed by atoms with van der Waals surface area (Å²) in [5, 5.41) is 10.8. The summed E-state index contributed by atoms with van der Waals surface area (Å²) in [6, 6.07) is 7.57. The molecule has 0 saturated heterocycles. The van der Waals surface area contributed by atoms with Crippen LogP contribution in [0.15, 0.2) is 41.1 Å². The van der Waals surface area contributed by atoms with Gasteiger partial charge in [0.05, 0.1) is 5.69 Å². The van der Waals surface area contributed by atoms with Gasteiger partial charge in [0.2, 0.25) is 5.82 Å². The first-order chi connectivity index (χ1) is 12.0. The smallest absolute Gasteiger partial charge is 0.316 e. The summed E-state index contributed by atoms with van der Waals surface area (Å²) in [6.45, 7) is 5.08. The van der Waals surface area contributed by atoms with Crippen molar-refractivity contribution in [2.24, 2.45) is 5.92 Å². The van der Waals surface area contributed by atoms with E-state index in [2.05, 4.69) is 20.6 Å². The third-order valence-corrected chi connectivity index (χ3v) is 3.61. The number of aryl methyl sites for hydroxylation is 1. The Morgan fingerprint density at radius 2 is 2.08 bits per heavy atom. The molecule has 3 aromatic rings. The molecule has 0 aliphatic heterocycles. The molecule has 1 amide bonds. The minimum atomic E-state index is -0.440. The van der Waals surface area contributed by atoms with Crippen LogP contribution in [0.3, 0.4) is 0 Å². The van der Waals surface area contributed by atoms with Crippen LogP contribution >= 0.6 is 0 Å². The van der Waals surface area contributed by atoms with Crippen molar-refractivity contribution in [1.82, 2.24) is 25.2 Å². The first kappa shape index (κ1) is 16.8. The zero-order valence-electron chi connectivity index (χ0n) is 13.9. The lowest BCUT2D eigenvalue weighted by Crippen LogP contribution is -2.30. The average Bonchev–Trinajstić information content (AvgIpc) is 3.23. The van der Waals surface area contributed by atoms with Gasteiger partial charge in [-0.1, -0.05) is 12.1 Å². The predicted octanol–water partition coefficient (Wildman–Crippen LogP) is 2.45. The molecule has 1 unspecified atom stereocenters. The van der Waals surface area contributed by atoms with E-state index in [1.54, 1.807) is 0 Å². The normalized spacial score (nSPS) is 12.1. The number of halogens is 1. The molecule has 0 bridgehead atoms. The van der Waals surface area contributed by atoms with Crippen molar-refractivity contribution >= 4 is 5.91 Å². The molecule has 0 fully saturated rings. The number of hydrogen-bond donors (Lipinski definition) is 1. The van der Waals surface area contributed by atoms with Gasteiger partial charge in [0.25, 0.3) is 0 Å². The van der Waals surface area contributed by atoms with Crippen LogP contribution in [0.1, 0.15) is 23.3 Å². The Labute approximate surface area is 143 Å². The van der Waals surface area contributed by atoms with Crippen LogP contribution in [0.5, 0.6) is 0 Å². The topological polar surface area (TPSA) is 85.8 Å². The van der Waals surface area contributed by atoms with Crippen LogP contribution in [0.2, 0.25) is 0 Å². The Hall–Kier alpha value is -3.03. The van der Waals surface area contributed by atoms with E-state index >= 15 is 0 Å². The van der Waals surface area contributed by atoms with Gasteiger partial charge in [-0.3, -0.25) is 9.48 Å². The number of carbonyl (C=O) groups excluding carboxylic acids is 1. The highest BCUT2D eigenvalue weighted by atomic mass is 19.1. The van der Waals surface area contributed by atoms with Crippen LogP contribution in [0.25, 0.3) is 11.4 Å². The van der Waals surface area contributed by atoms with Crippen LogP contribution < -0.4 is 5.32 Å². The molecule has 2 heterocycles. The number of nitrogens with zero attached hydrogens (tertiary/aromatic N) is 4. The fourth-order valence-corrected chi connectivity index (χ4v) is 2.32. The number of aromatic nitrogens is 4. The summed E-state index contributed by atoms with van der Waals surface area (Å²) in [7, 11) is 0. The number of benzene rings is 1. The molecule has 130 valence electrons. The van der Waals surface area contributed by atoms with Gasteiger partial charge in [-0.15, -0.1) is 0 Å². The van der Waals surface area contributed by atoms with Crippen molar-refractivity contribution in [3.05, 3.63) is 53.9 Å². The van der Waals surface area contributed by atoms with E-state index < -0.39 is 5.91 Å². The van der Waals surface area contributed by atoms with E-state index in [4.69, 9.17) is 4.52 Å². The van der Waals surface area contributed by atoms with Gasteiger partial charge in [-0.2, -0.15) is 10.1 Å². The number of amides is 1. The second-order valence-electron chi connectivity index (χ2n) is 5.92. The van der Waals surface area contributed by atoms with Gasteiger partial charge in [-0.05, 0) is 43.2 Å². The Morgan fingerprint density at radius 3 is 2.76 bits per heavy atom. The zero-order valence-corrected chi connectivity index (χ0v) is 13.9. The third kappa shape index (κ3) is 4.28. The number of rotatable bonds is 6. The molecule has 2 aromatic heterocycles. The predicted molar refractivity (Wildman–Crippen MR) is 88.2 cm³/mol. The van der Waals surface area contributed by atoms with E-state index in [-0.39, 0.29) is 23.5 Å². The largest absolute Gasteiger partial charge is 0.347 e. The highest BCUT2D eigenvalue weighted by molar-refractivity contribution is 5.89. The molecule has 1 atom stereocenters. The van der Waals surface area contributed by atoms with Gasteiger partial charge >= 0.3 is 11.8 Å². The van der Waals surface area contributed by atoms with E-state index in [0.29, 0.717) is 18.7 Å². The number of hydrogen-bond acceptors (Lipinski definition) is 5. The standard InChI is InChI=1S/C17H18FN5O2/c1-11(10-23-8-7-12(2)21-23)9-19-16(24)17-20-15(22-25-17)13-3-5-14(18)6-4-13/h3-8,11H,9-10H2,1-2H3,(H,19,24). The van der Waals surface area contributed by atoms with Crippen LogP contribution in [0.4, 0.5) is 4.39 Å². The maximum absolute atomic E-state index is 12.9. The third-order valence-electron chi connectivity index (χ3n) is 3.61. The molecular formula is C17H18FN5O2. The Morgan fingerprint density at radius 1 is 1.32 bits per heavy atom. The van der Waals surface area contributed by atoms with Crippen molar-refractivity contribution in [3.63, 3.8) is 0 Å². The summed E-state index contributed by atoms with van der Waals surface area (Å²) >= 11 is 0. The lowest BCUT2D eigenvalue weighted by atomic mass is 10.2. The first-order valence-corrected chi connectivity index (χ1v) is 7.89. The first-order valence-electron chi connectivity index (χ1n) is 7.89. The van der Waals surface area contributed by atoms with E-state index in [0.717, 1.165) is 5.69 Å². The molecule has 1 aromatic carbocycles. The molecular weight excluding hydrogens is 325 g/mol. The molecule has 1 N–H and O–H groups in total. The highest BCUT2D eigenvalue weighted by Crippen LogP contribution is 2.16. The summed E-state index contributed by atoms with van der Waals surface area (Å²) < 4.78 is 19.8.